The van der Waals surface area contributed by atoms with E-state index in [-0.39, 0.29) is 23.2 Å². The first-order chi connectivity index (χ1) is 10.9. The second-order valence-electron chi connectivity index (χ2n) is 5.38. The van der Waals surface area contributed by atoms with E-state index in [4.69, 9.17) is 9.15 Å². The van der Waals surface area contributed by atoms with E-state index < -0.39 is 5.63 Å². The van der Waals surface area contributed by atoms with Gasteiger partial charge < -0.3 is 9.15 Å². The maximum Gasteiger partial charge on any atom is 0.337 e. The summed E-state index contributed by atoms with van der Waals surface area (Å²) >= 11 is 4.21. The minimum Gasteiger partial charge on any atom is -0.465 e. The van der Waals surface area contributed by atoms with Gasteiger partial charge in [0.25, 0.3) is 11.6 Å². The quantitative estimate of drug-likeness (QED) is 0.600. The Kier molecular flexibility index (Phi) is 5.65. The van der Waals surface area contributed by atoms with Crippen molar-refractivity contribution >= 4 is 23.7 Å². The summed E-state index contributed by atoms with van der Waals surface area (Å²) in [6.07, 6.45) is 2.18. The fourth-order valence-corrected chi connectivity index (χ4v) is 2.33. The molecule has 1 N–H and O–H groups in total. The SMILES string of the molecule is C=C(S)C(C)CCCOc1nc2oc(=O)cc(CC)c2c(=O)[nH]1. The molecular weight excluding hydrogens is 316 g/mol. The van der Waals surface area contributed by atoms with Crippen molar-refractivity contribution in [3.63, 3.8) is 0 Å². The van der Waals surface area contributed by atoms with Crippen LogP contribution in [0.5, 0.6) is 6.01 Å². The van der Waals surface area contributed by atoms with Crippen LogP contribution in [0.15, 0.2) is 31.6 Å². The molecule has 0 spiro atoms. The van der Waals surface area contributed by atoms with Crippen molar-refractivity contribution < 1.29 is 9.15 Å². The lowest BCUT2D eigenvalue weighted by atomic mass is 10.1. The molecule has 23 heavy (non-hydrogen) atoms. The van der Waals surface area contributed by atoms with Gasteiger partial charge in [0.2, 0.25) is 5.71 Å². The molecule has 0 fully saturated rings. The number of aryl methyl sites for hydroxylation is 1. The molecule has 6 nitrogen and oxygen atoms in total. The van der Waals surface area contributed by atoms with E-state index in [0.29, 0.717) is 24.0 Å². The third kappa shape index (κ3) is 4.25. The van der Waals surface area contributed by atoms with Gasteiger partial charge in [-0.25, -0.2) is 4.79 Å². The number of hydrogen-bond donors (Lipinski definition) is 2. The first-order valence-electron chi connectivity index (χ1n) is 7.50. The molecule has 0 saturated carbocycles. The number of aromatic nitrogens is 2. The van der Waals surface area contributed by atoms with Gasteiger partial charge >= 0.3 is 5.63 Å². The van der Waals surface area contributed by atoms with E-state index in [1.54, 1.807) is 0 Å². The van der Waals surface area contributed by atoms with Crippen LogP contribution in [0.4, 0.5) is 0 Å². The van der Waals surface area contributed by atoms with E-state index in [1.807, 2.05) is 13.8 Å². The Bertz CT molecular complexity index is 825. The molecule has 0 saturated heterocycles. The number of hydrogen-bond acceptors (Lipinski definition) is 6. The number of nitrogens with one attached hydrogen (secondary N) is 1. The van der Waals surface area contributed by atoms with Crippen LogP contribution in [0, 0.1) is 5.92 Å². The largest absolute Gasteiger partial charge is 0.465 e. The molecule has 2 heterocycles. The third-order valence-corrected chi connectivity index (χ3v) is 4.09. The minimum atomic E-state index is -0.528. The van der Waals surface area contributed by atoms with Gasteiger partial charge in [0.1, 0.15) is 5.39 Å². The second kappa shape index (κ2) is 7.50. The van der Waals surface area contributed by atoms with Gasteiger partial charge in [-0.3, -0.25) is 9.78 Å². The number of allylic oxidation sites excluding steroid dienone is 1. The summed E-state index contributed by atoms with van der Waals surface area (Å²) in [7, 11) is 0. The number of ether oxygens (including phenoxy) is 1. The van der Waals surface area contributed by atoms with Crippen LogP contribution in [-0.4, -0.2) is 16.6 Å². The predicted molar refractivity (Wildman–Crippen MR) is 92.3 cm³/mol. The van der Waals surface area contributed by atoms with Crippen molar-refractivity contribution in [2.24, 2.45) is 5.92 Å². The molecule has 0 radical (unpaired) electrons. The average molecular weight is 336 g/mol. The average Bonchev–Trinajstić information content (AvgIpc) is 2.49. The Morgan fingerprint density at radius 2 is 2.26 bits per heavy atom. The number of nitrogens with zero attached hydrogens (tertiary/aromatic N) is 1. The normalized spacial score (nSPS) is 12.3. The summed E-state index contributed by atoms with van der Waals surface area (Å²) in [5.74, 6) is 0.288. The van der Waals surface area contributed by atoms with E-state index in [9.17, 15) is 9.59 Å². The fourth-order valence-electron chi connectivity index (χ4n) is 2.20. The standard InChI is InChI=1S/C16H20N2O4S/c1-4-11-8-12(19)22-15-13(11)14(20)17-16(18-15)21-7-5-6-9(2)10(3)23/h8-9,23H,3-7H2,1-2H3,(H,17,18,20). The lowest BCUT2D eigenvalue weighted by Crippen LogP contribution is -2.15. The molecule has 2 aromatic heterocycles. The highest BCUT2D eigenvalue weighted by molar-refractivity contribution is 7.84. The van der Waals surface area contributed by atoms with E-state index >= 15 is 0 Å². The first-order valence-corrected chi connectivity index (χ1v) is 7.94. The molecule has 7 heteroatoms. The van der Waals surface area contributed by atoms with Crippen molar-refractivity contribution in [2.75, 3.05) is 6.61 Å². The Morgan fingerprint density at radius 3 is 2.91 bits per heavy atom. The summed E-state index contributed by atoms with van der Waals surface area (Å²) in [5, 5.41) is 0.291. The summed E-state index contributed by atoms with van der Waals surface area (Å²) in [4.78, 5) is 31.2. The monoisotopic (exact) mass is 336 g/mol. The van der Waals surface area contributed by atoms with Crippen molar-refractivity contribution in [3.05, 3.63) is 43.9 Å². The molecule has 124 valence electrons. The number of aromatic amines is 1. The number of fused-ring (bicyclic) bond motifs is 1. The summed E-state index contributed by atoms with van der Waals surface area (Å²) in [6.45, 7) is 8.06. The molecule has 0 aromatic carbocycles. The molecule has 1 atom stereocenters. The van der Waals surface area contributed by atoms with Gasteiger partial charge in [-0.15, -0.1) is 12.6 Å². The molecule has 0 amide bonds. The third-order valence-electron chi connectivity index (χ3n) is 3.64. The summed E-state index contributed by atoms with van der Waals surface area (Å²) in [6, 6.07) is 1.36. The zero-order valence-corrected chi connectivity index (χ0v) is 14.1. The van der Waals surface area contributed by atoms with Crippen molar-refractivity contribution in [1.29, 1.82) is 0 Å². The van der Waals surface area contributed by atoms with Gasteiger partial charge in [0.05, 0.1) is 6.61 Å². The van der Waals surface area contributed by atoms with Crippen LogP contribution in [0.1, 0.15) is 32.3 Å². The summed E-state index contributed by atoms with van der Waals surface area (Å²) in [5.41, 5.74) is -0.287. The topological polar surface area (TPSA) is 85.2 Å². The Hall–Kier alpha value is -2.02. The maximum absolute atomic E-state index is 12.2. The van der Waals surface area contributed by atoms with E-state index in [1.165, 1.54) is 6.07 Å². The zero-order chi connectivity index (χ0) is 17.0. The minimum absolute atomic E-state index is 0.00482. The summed E-state index contributed by atoms with van der Waals surface area (Å²) < 4.78 is 10.5. The Morgan fingerprint density at radius 1 is 1.52 bits per heavy atom. The van der Waals surface area contributed by atoms with Crippen molar-refractivity contribution in [3.8, 4) is 6.01 Å². The van der Waals surface area contributed by atoms with Crippen molar-refractivity contribution in [1.82, 2.24) is 9.97 Å². The molecule has 0 bridgehead atoms. The number of H-pyrrole nitrogens is 1. The molecule has 2 aromatic rings. The molecule has 2 rings (SSSR count). The smallest absolute Gasteiger partial charge is 0.337 e. The molecule has 0 aliphatic carbocycles. The molecule has 0 aliphatic heterocycles. The highest BCUT2D eigenvalue weighted by Gasteiger charge is 2.12. The maximum atomic E-state index is 12.2. The lowest BCUT2D eigenvalue weighted by Gasteiger charge is -2.10. The van der Waals surface area contributed by atoms with Crippen LogP contribution >= 0.6 is 12.6 Å². The zero-order valence-electron chi connectivity index (χ0n) is 13.2. The lowest BCUT2D eigenvalue weighted by molar-refractivity contribution is 0.277. The van der Waals surface area contributed by atoms with Crippen LogP contribution in [0.2, 0.25) is 0 Å². The second-order valence-corrected chi connectivity index (χ2v) is 5.95. The highest BCUT2D eigenvalue weighted by atomic mass is 32.1. The van der Waals surface area contributed by atoms with E-state index in [2.05, 4.69) is 29.2 Å². The number of rotatable bonds is 7. The van der Waals surface area contributed by atoms with Crippen LogP contribution in [0.3, 0.4) is 0 Å². The highest BCUT2D eigenvalue weighted by Crippen LogP contribution is 2.18. The fraction of sp³-hybridized carbons (Fsp3) is 0.438. The molecular formula is C16H20N2O4S. The van der Waals surface area contributed by atoms with Gasteiger partial charge in [0, 0.05) is 6.07 Å². The first kappa shape index (κ1) is 17.3. The number of thiol groups is 1. The van der Waals surface area contributed by atoms with Crippen LogP contribution < -0.4 is 15.9 Å². The van der Waals surface area contributed by atoms with Crippen molar-refractivity contribution in [2.45, 2.75) is 33.1 Å². The Labute approximate surface area is 139 Å². The molecule has 0 aliphatic rings. The Balaban J connectivity index is 2.16. The van der Waals surface area contributed by atoms with Gasteiger partial charge in [-0.1, -0.05) is 20.4 Å². The van der Waals surface area contributed by atoms with Crippen LogP contribution in [0.25, 0.3) is 11.1 Å². The molecule has 1 unspecified atom stereocenters. The van der Waals surface area contributed by atoms with Gasteiger partial charge in [0.15, 0.2) is 0 Å². The van der Waals surface area contributed by atoms with Gasteiger partial charge in [-0.05, 0) is 35.6 Å². The van der Waals surface area contributed by atoms with Crippen LogP contribution in [-0.2, 0) is 6.42 Å². The van der Waals surface area contributed by atoms with E-state index in [0.717, 1.165) is 17.7 Å². The van der Waals surface area contributed by atoms with Gasteiger partial charge in [-0.2, -0.15) is 4.98 Å². The predicted octanol–water partition coefficient (Wildman–Crippen LogP) is 2.68.